The zero-order valence-electron chi connectivity index (χ0n) is 19.0. The minimum atomic E-state index is 0.347. The average molecular weight is 441 g/mol. The quantitative estimate of drug-likeness (QED) is 0.198. The van der Waals surface area contributed by atoms with Gasteiger partial charge in [0.1, 0.15) is 30.4 Å². The summed E-state index contributed by atoms with van der Waals surface area (Å²) in [6, 6.07) is 27.8. The second-order valence-electron chi connectivity index (χ2n) is 7.75. The van der Waals surface area contributed by atoms with E-state index in [0.29, 0.717) is 19.1 Å². The highest BCUT2D eigenvalue weighted by Crippen LogP contribution is 2.23. The molecule has 0 unspecified atom stereocenters. The maximum absolute atomic E-state index is 5.92. The van der Waals surface area contributed by atoms with Gasteiger partial charge in [-0.05, 0) is 48.7 Å². The standard InChI is InChI=1S/C28H28N2O3/c1-3-10-26(23-11-6-4-7-12-23)30-32-19-22-15-17-25(18-16-22)31-20-27-21(2)33-28(29-27)24-13-8-5-9-14-24/h4-9,11-18H,3,10,19-20H2,1-2H3/b30-26+. The second-order valence-corrected chi connectivity index (χ2v) is 7.75. The van der Waals surface area contributed by atoms with Gasteiger partial charge < -0.3 is 14.0 Å². The molecule has 0 aliphatic heterocycles. The van der Waals surface area contributed by atoms with Gasteiger partial charge in [-0.2, -0.15) is 0 Å². The van der Waals surface area contributed by atoms with Crippen LogP contribution in [-0.4, -0.2) is 10.7 Å². The molecule has 0 fully saturated rings. The Bertz CT molecular complexity index is 1170. The average Bonchev–Trinajstić information content (AvgIpc) is 3.24. The molecule has 5 heteroatoms. The van der Waals surface area contributed by atoms with Crippen molar-refractivity contribution in [1.29, 1.82) is 0 Å². The van der Waals surface area contributed by atoms with E-state index in [1.165, 1.54) is 0 Å². The normalized spacial score (nSPS) is 11.4. The van der Waals surface area contributed by atoms with E-state index in [2.05, 4.69) is 29.2 Å². The number of benzene rings is 3. The highest BCUT2D eigenvalue weighted by Gasteiger charge is 2.12. The zero-order valence-corrected chi connectivity index (χ0v) is 19.0. The monoisotopic (exact) mass is 440 g/mol. The summed E-state index contributed by atoms with van der Waals surface area (Å²) >= 11 is 0. The Kier molecular flexibility index (Phi) is 7.54. The summed E-state index contributed by atoms with van der Waals surface area (Å²) in [6.45, 7) is 4.80. The lowest BCUT2D eigenvalue weighted by Gasteiger charge is -2.07. The molecule has 0 amide bonds. The van der Waals surface area contributed by atoms with Gasteiger partial charge in [0, 0.05) is 5.56 Å². The maximum Gasteiger partial charge on any atom is 0.226 e. The van der Waals surface area contributed by atoms with E-state index in [-0.39, 0.29) is 0 Å². The molecule has 4 rings (SSSR count). The van der Waals surface area contributed by atoms with Crippen LogP contribution in [0.5, 0.6) is 5.75 Å². The Hall–Kier alpha value is -3.86. The van der Waals surface area contributed by atoms with Crippen molar-refractivity contribution in [3.63, 3.8) is 0 Å². The molecule has 0 atom stereocenters. The Morgan fingerprint density at radius 2 is 1.58 bits per heavy atom. The van der Waals surface area contributed by atoms with Gasteiger partial charge in [-0.3, -0.25) is 0 Å². The van der Waals surface area contributed by atoms with Gasteiger partial charge in [-0.15, -0.1) is 0 Å². The third kappa shape index (κ3) is 6.10. The number of nitrogens with zero attached hydrogens (tertiary/aromatic N) is 2. The smallest absolute Gasteiger partial charge is 0.226 e. The predicted octanol–water partition coefficient (Wildman–Crippen LogP) is 6.95. The summed E-state index contributed by atoms with van der Waals surface area (Å²) in [4.78, 5) is 10.2. The molecule has 4 aromatic rings. The molecule has 0 saturated carbocycles. The summed E-state index contributed by atoms with van der Waals surface area (Å²) in [5.41, 5.74) is 4.84. The molecule has 3 aromatic carbocycles. The van der Waals surface area contributed by atoms with Crippen molar-refractivity contribution in [2.45, 2.75) is 39.9 Å². The number of hydrogen-bond donors (Lipinski definition) is 0. The molecule has 1 heterocycles. The fraction of sp³-hybridized carbons (Fsp3) is 0.214. The lowest BCUT2D eigenvalue weighted by molar-refractivity contribution is 0.130. The number of rotatable bonds is 10. The Morgan fingerprint density at radius 1 is 0.879 bits per heavy atom. The number of oxazole rings is 1. The minimum Gasteiger partial charge on any atom is -0.487 e. The van der Waals surface area contributed by atoms with Crippen molar-refractivity contribution in [1.82, 2.24) is 4.98 Å². The molecule has 1 aromatic heterocycles. The summed E-state index contributed by atoms with van der Waals surface area (Å²) in [7, 11) is 0. The van der Waals surface area contributed by atoms with Gasteiger partial charge in [0.05, 0.1) is 5.71 Å². The van der Waals surface area contributed by atoms with Gasteiger partial charge in [0.15, 0.2) is 0 Å². The molecule has 0 N–H and O–H groups in total. The summed E-state index contributed by atoms with van der Waals surface area (Å²) in [5.74, 6) is 2.14. The first-order valence-electron chi connectivity index (χ1n) is 11.2. The van der Waals surface area contributed by atoms with Crippen LogP contribution in [0, 0.1) is 6.92 Å². The molecule has 0 radical (unpaired) electrons. The van der Waals surface area contributed by atoms with Crippen molar-refractivity contribution < 1.29 is 14.0 Å². The van der Waals surface area contributed by atoms with Crippen molar-refractivity contribution in [2.75, 3.05) is 0 Å². The molecule has 0 aliphatic carbocycles. The molecule has 0 bridgehead atoms. The lowest BCUT2D eigenvalue weighted by Crippen LogP contribution is -2.02. The van der Waals surface area contributed by atoms with Crippen LogP contribution in [0.1, 0.15) is 42.3 Å². The number of hydrogen-bond acceptors (Lipinski definition) is 5. The van der Waals surface area contributed by atoms with Crippen LogP contribution in [-0.2, 0) is 18.1 Å². The SMILES string of the molecule is CCC/C(=N\OCc1ccc(OCc2nc(-c3ccccc3)oc2C)cc1)c1ccccc1. The minimum absolute atomic E-state index is 0.347. The van der Waals surface area contributed by atoms with Crippen molar-refractivity contribution in [3.05, 3.63) is 108 Å². The first-order chi connectivity index (χ1) is 16.2. The van der Waals surface area contributed by atoms with E-state index < -0.39 is 0 Å². The Labute approximate surface area is 194 Å². The first-order valence-corrected chi connectivity index (χ1v) is 11.2. The van der Waals surface area contributed by atoms with Crippen LogP contribution in [0.15, 0.2) is 94.5 Å². The van der Waals surface area contributed by atoms with Gasteiger partial charge >= 0.3 is 0 Å². The van der Waals surface area contributed by atoms with E-state index in [9.17, 15) is 0 Å². The van der Waals surface area contributed by atoms with Crippen molar-refractivity contribution in [3.8, 4) is 17.2 Å². The van der Waals surface area contributed by atoms with E-state index in [1.807, 2.05) is 79.7 Å². The molecule has 168 valence electrons. The molecule has 0 spiro atoms. The summed E-state index contributed by atoms with van der Waals surface area (Å²) in [5, 5.41) is 4.38. The largest absolute Gasteiger partial charge is 0.487 e. The fourth-order valence-corrected chi connectivity index (χ4v) is 3.39. The molecular formula is C28H28N2O3. The van der Waals surface area contributed by atoms with Gasteiger partial charge in [0.2, 0.25) is 5.89 Å². The highest BCUT2D eigenvalue weighted by molar-refractivity contribution is 6.00. The van der Waals surface area contributed by atoms with Gasteiger partial charge in [0.25, 0.3) is 0 Å². The lowest BCUT2D eigenvalue weighted by atomic mass is 10.1. The van der Waals surface area contributed by atoms with Crippen LogP contribution in [0.4, 0.5) is 0 Å². The number of aromatic nitrogens is 1. The molecule has 0 saturated heterocycles. The molecular weight excluding hydrogens is 412 g/mol. The summed E-state index contributed by atoms with van der Waals surface area (Å²) in [6.07, 6.45) is 1.89. The zero-order chi connectivity index (χ0) is 22.9. The third-order valence-electron chi connectivity index (χ3n) is 5.21. The van der Waals surface area contributed by atoms with Crippen LogP contribution < -0.4 is 4.74 Å². The van der Waals surface area contributed by atoms with Gasteiger partial charge in [-0.1, -0.05) is 79.2 Å². The molecule has 33 heavy (non-hydrogen) atoms. The van der Waals surface area contributed by atoms with Crippen LogP contribution in [0.25, 0.3) is 11.5 Å². The highest BCUT2D eigenvalue weighted by atomic mass is 16.6. The third-order valence-corrected chi connectivity index (χ3v) is 5.21. The number of ether oxygens (including phenoxy) is 1. The van der Waals surface area contributed by atoms with Crippen LogP contribution in [0.3, 0.4) is 0 Å². The Balaban J connectivity index is 1.32. The van der Waals surface area contributed by atoms with E-state index >= 15 is 0 Å². The number of oxime groups is 1. The van der Waals surface area contributed by atoms with E-state index in [1.54, 1.807) is 0 Å². The Morgan fingerprint density at radius 3 is 2.27 bits per heavy atom. The van der Waals surface area contributed by atoms with Gasteiger partial charge in [-0.25, -0.2) is 4.98 Å². The number of aryl methyl sites for hydroxylation is 1. The maximum atomic E-state index is 5.92. The van der Waals surface area contributed by atoms with E-state index in [4.69, 9.17) is 14.0 Å². The summed E-state index contributed by atoms with van der Waals surface area (Å²) < 4.78 is 11.7. The van der Waals surface area contributed by atoms with Crippen molar-refractivity contribution in [2.24, 2.45) is 5.16 Å². The molecule has 0 aliphatic rings. The van der Waals surface area contributed by atoms with Crippen molar-refractivity contribution >= 4 is 5.71 Å². The second kappa shape index (κ2) is 11.1. The fourth-order valence-electron chi connectivity index (χ4n) is 3.39. The first kappa shape index (κ1) is 22.3. The predicted molar refractivity (Wildman–Crippen MR) is 130 cm³/mol. The van der Waals surface area contributed by atoms with Crippen LogP contribution >= 0.6 is 0 Å². The molecule has 5 nitrogen and oxygen atoms in total. The van der Waals surface area contributed by atoms with Crippen LogP contribution in [0.2, 0.25) is 0 Å². The topological polar surface area (TPSA) is 56.9 Å². The van der Waals surface area contributed by atoms with E-state index in [0.717, 1.165) is 52.4 Å².